The van der Waals surface area contributed by atoms with Crippen molar-refractivity contribution in [3.8, 4) is 11.5 Å². The van der Waals surface area contributed by atoms with Crippen molar-refractivity contribution >= 4 is 29.1 Å². The van der Waals surface area contributed by atoms with Crippen molar-refractivity contribution in [3.63, 3.8) is 0 Å². The highest BCUT2D eigenvalue weighted by atomic mass is 35.5. The number of benzene rings is 2. The Morgan fingerprint density at radius 3 is 2.53 bits per heavy atom. The molecule has 2 heterocycles. The maximum Gasteiger partial charge on any atom is 0.233 e. The normalized spacial score (nSPS) is 19.4. The summed E-state index contributed by atoms with van der Waals surface area (Å²) in [5.41, 5.74) is 1.27. The second-order valence-corrected chi connectivity index (χ2v) is 8.65. The molecule has 0 atom stereocenters. The van der Waals surface area contributed by atoms with E-state index in [9.17, 15) is 9.59 Å². The molecule has 2 amide bonds. The number of anilines is 1. The summed E-state index contributed by atoms with van der Waals surface area (Å²) in [6.07, 6.45) is 3.04. The summed E-state index contributed by atoms with van der Waals surface area (Å²) in [4.78, 5) is 27.9. The monoisotopic (exact) mass is 426 g/mol. The Morgan fingerprint density at radius 2 is 1.80 bits per heavy atom. The van der Waals surface area contributed by atoms with Crippen LogP contribution in [0.2, 0.25) is 5.02 Å². The van der Waals surface area contributed by atoms with Gasteiger partial charge < -0.3 is 19.7 Å². The molecule has 3 aliphatic rings. The predicted molar refractivity (Wildman–Crippen MR) is 113 cm³/mol. The maximum absolute atomic E-state index is 13.2. The maximum atomic E-state index is 13.2. The number of piperidine rings is 1. The third-order valence-electron chi connectivity index (χ3n) is 6.33. The van der Waals surface area contributed by atoms with Crippen LogP contribution in [0.5, 0.6) is 11.5 Å². The topological polar surface area (TPSA) is 67.9 Å². The lowest BCUT2D eigenvalue weighted by molar-refractivity contribution is -0.137. The van der Waals surface area contributed by atoms with Crippen molar-refractivity contribution in [1.29, 1.82) is 0 Å². The van der Waals surface area contributed by atoms with E-state index in [1.54, 1.807) is 12.1 Å². The first kappa shape index (κ1) is 19.2. The van der Waals surface area contributed by atoms with Gasteiger partial charge >= 0.3 is 0 Å². The first-order valence-electron chi connectivity index (χ1n) is 10.3. The SMILES string of the molecule is O=C(Nc1ccc2c(c1)OCO2)C1CCN(C(=O)C2(c3cccc(Cl)c3)CC2)CC1. The second kappa shape index (κ2) is 7.51. The number of ether oxygens (including phenoxy) is 2. The van der Waals surface area contributed by atoms with Gasteiger partial charge in [0.2, 0.25) is 18.6 Å². The summed E-state index contributed by atoms with van der Waals surface area (Å²) in [5, 5.41) is 3.63. The summed E-state index contributed by atoms with van der Waals surface area (Å²) < 4.78 is 10.7. The largest absolute Gasteiger partial charge is 0.454 e. The number of carbonyl (C=O) groups is 2. The lowest BCUT2D eigenvalue weighted by Crippen LogP contribution is -2.45. The van der Waals surface area contributed by atoms with Crippen molar-refractivity contribution in [1.82, 2.24) is 4.90 Å². The van der Waals surface area contributed by atoms with Gasteiger partial charge in [0.05, 0.1) is 5.41 Å². The zero-order valence-electron chi connectivity index (χ0n) is 16.5. The van der Waals surface area contributed by atoms with Gasteiger partial charge in [-0.1, -0.05) is 23.7 Å². The minimum atomic E-state index is -0.424. The van der Waals surface area contributed by atoms with Gasteiger partial charge in [0, 0.05) is 35.8 Å². The molecule has 1 aliphatic carbocycles. The van der Waals surface area contributed by atoms with Gasteiger partial charge in [0.25, 0.3) is 0 Å². The Bertz CT molecular complexity index is 996. The van der Waals surface area contributed by atoms with E-state index in [2.05, 4.69) is 5.32 Å². The molecule has 1 saturated carbocycles. The zero-order chi connectivity index (χ0) is 20.7. The van der Waals surface area contributed by atoms with Crippen molar-refractivity contribution in [3.05, 3.63) is 53.1 Å². The van der Waals surface area contributed by atoms with Crippen LogP contribution in [0.1, 0.15) is 31.2 Å². The van der Waals surface area contributed by atoms with Gasteiger partial charge in [-0.3, -0.25) is 9.59 Å². The number of carbonyl (C=O) groups excluding carboxylic acids is 2. The van der Waals surface area contributed by atoms with Crippen LogP contribution in [-0.4, -0.2) is 36.6 Å². The third-order valence-corrected chi connectivity index (χ3v) is 6.56. The van der Waals surface area contributed by atoms with Crippen LogP contribution in [0.3, 0.4) is 0 Å². The Morgan fingerprint density at radius 1 is 1.03 bits per heavy atom. The van der Waals surface area contributed by atoms with Crippen LogP contribution in [0.15, 0.2) is 42.5 Å². The van der Waals surface area contributed by atoms with E-state index in [0.29, 0.717) is 48.1 Å². The fraction of sp³-hybridized carbons (Fsp3) is 0.391. The van der Waals surface area contributed by atoms with Gasteiger partial charge in [-0.25, -0.2) is 0 Å². The average Bonchev–Trinajstić information content (AvgIpc) is 3.45. The molecular weight excluding hydrogens is 404 g/mol. The molecule has 1 saturated heterocycles. The molecular formula is C23H23ClN2O4. The van der Waals surface area contributed by atoms with Crippen molar-refractivity contribution in [2.24, 2.45) is 5.92 Å². The Balaban J connectivity index is 1.19. The lowest BCUT2D eigenvalue weighted by atomic mass is 9.91. The van der Waals surface area contributed by atoms with E-state index in [4.69, 9.17) is 21.1 Å². The number of amides is 2. The number of likely N-dealkylation sites (tertiary alicyclic amines) is 1. The van der Waals surface area contributed by atoms with Gasteiger partial charge in [-0.05, 0) is 55.5 Å². The van der Waals surface area contributed by atoms with Gasteiger partial charge in [0.1, 0.15) is 0 Å². The Labute approximate surface area is 180 Å². The number of nitrogens with zero attached hydrogens (tertiary/aromatic N) is 1. The molecule has 0 unspecified atom stereocenters. The van der Waals surface area contributed by atoms with Crippen LogP contribution in [-0.2, 0) is 15.0 Å². The predicted octanol–water partition coefficient (Wildman–Crippen LogP) is 3.98. The average molecular weight is 427 g/mol. The number of halogens is 1. The number of nitrogens with one attached hydrogen (secondary N) is 1. The zero-order valence-corrected chi connectivity index (χ0v) is 17.3. The second-order valence-electron chi connectivity index (χ2n) is 8.22. The number of rotatable bonds is 4. The molecule has 2 fully saturated rings. The fourth-order valence-electron chi connectivity index (χ4n) is 4.40. The molecule has 2 aromatic carbocycles. The lowest BCUT2D eigenvalue weighted by Gasteiger charge is -2.34. The molecule has 1 N–H and O–H groups in total. The summed E-state index contributed by atoms with van der Waals surface area (Å²) in [6, 6.07) is 13.0. The molecule has 7 heteroatoms. The van der Waals surface area contributed by atoms with Gasteiger partial charge in [-0.2, -0.15) is 0 Å². The number of fused-ring (bicyclic) bond motifs is 1. The molecule has 6 nitrogen and oxygen atoms in total. The van der Waals surface area contributed by atoms with Crippen LogP contribution in [0.4, 0.5) is 5.69 Å². The quantitative estimate of drug-likeness (QED) is 0.803. The minimum Gasteiger partial charge on any atom is -0.454 e. The first-order valence-corrected chi connectivity index (χ1v) is 10.7. The third kappa shape index (κ3) is 3.49. The van der Waals surface area contributed by atoms with E-state index in [0.717, 1.165) is 18.4 Å². The number of hydrogen-bond acceptors (Lipinski definition) is 4. The molecule has 156 valence electrons. The smallest absolute Gasteiger partial charge is 0.233 e. The highest BCUT2D eigenvalue weighted by Gasteiger charge is 2.53. The molecule has 0 spiro atoms. The van der Waals surface area contributed by atoms with Crippen LogP contribution < -0.4 is 14.8 Å². The molecule has 0 radical (unpaired) electrons. The van der Waals surface area contributed by atoms with Crippen molar-refractivity contribution in [2.45, 2.75) is 31.1 Å². The summed E-state index contributed by atoms with van der Waals surface area (Å²) >= 11 is 6.14. The summed E-state index contributed by atoms with van der Waals surface area (Å²) in [5.74, 6) is 1.37. The van der Waals surface area contributed by atoms with Crippen molar-refractivity contribution < 1.29 is 19.1 Å². The van der Waals surface area contributed by atoms with Crippen LogP contribution in [0.25, 0.3) is 0 Å². The highest BCUT2D eigenvalue weighted by molar-refractivity contribution is 6.30. The summed E-state index contributed by atoms with van der Waals surface area (Å²) in [7, 11) is 0. The van der Waals surface area contributed by atoms with E-state index in [-0.39, 0.29) is 24.5 Å². The van der Waals surface area contributed by atoms with E-state index >= 15 is 0 Å². The molecule has 0 bridgehead atoms. The standard InChI is InChI=1S/C23H23ClN2O4/c24-17-3-1-2-16(12-17)23(8-9-23)22(28)26-10-6-15(7-11-26)21(27)25-18-4-5-19-20(13-18)30-14-29-19/h1-5,12-13,15H,6-11,14H2,(H,25,27). The molecule has 0 aromatic heterocycles. The van der Waals surface area contributed by atoms with E-state index < -0.39 is 5.41 Å². The molecule has 30 heavy (non-hydrogen) atoms. The molecule has 2 aromatic rings. The molecule has 5 rings (SSSR count). The van der Waals surface area contributed by atoms with Gasteiger partial charge in [0.15, 0.2) is 11.5 Å². The van der Waals surface area contributed by atoms with E-state index in [1.807, 2.05) is 35.2 Å². The fourth-order valence-corrected chi connectivity index (χ4v) is 4.59. The minimum absolute atomic E-state index is 0.0167. The van der Waals surface area contributed by atoms with Crippen LogP contribution >= 0.6 is 11.6 Å². The Kier molecular flexibility index (Phi) is 4.82. The molecule has 2 aliphatic heterocycles. The highest BCUT2D eigenvalue weighted by Crippen LogP contribution is 2.50. The van der Waals surface area contributed by atoms with Crippen LogP contribution in [0, 0.1) is 5.92 Å². The number of hydrogen-bond donors (Lipinski definition) is 1. The van der Waals surface area contributed by atoms with Crippen molar-refractivity contribution in [2.75, 3.05) is 25.2 Å². The summed E-state index contributed by atoms with van der Waals surface area (Å²) in [6.45, 7) is 1.40. The first-order chi connectivity index (χ1) is 14.5. The van der Waals surface area contributed by atoms with E-state index in [1.165, 1.54) is 0 Å². The van der Waals surface area contributed by atoms with Gasteiger partial charge in [-0.15, -0.1) is 0 Å². The Hall–Kier alpha value is -2.73.